The van der Waals surface area contributed by atoms with Gasteiger partial charge < -0.3 is 14.8 Å². The second-order valence-corrected chi connectivity index (χ2v) is 5.09. The Kier molecular flexibility index (Phi) is 5.45. The number of carbonyl (C=O) groups excluding carboxylic acids is 2. The van der Waals surface area contributed by atoms with E-state index in [0.29, 0.717) is 6.54 Å². The fourth-order valence-electron chi connectivity index (χ4n) is 1.14. The molecule has 0 heterocycles. The van der Waals surface area contributed by atoms with Crippen LogP contribution in [0.25, 0.3) is 0 Å². The smallest absolute Gasteiger partial charge is 0.408 e. The fourth-order valence-corrected chi connectivity index (χ4v) is 1.14. The molecule has 0 saturated carbocycles. The molecule has 100 valence electrons. The highest BCUT2D eigenvalue weighted by molar-refractivity contribution is 5.83. The van der Waals surface area contributed by atoms with Gasteiger partial charge in [-0.3, -0.25) is 0 Å². The van der Waals surface area contributed by atoms with Gasteiger partial charge in [0.15, 0.2) is 0 Å². The summed E-state index contributed by atoms with van der Waals surface area (Å²) in [5.74, 6) is -0.559. The van der Waals surface area contributed by atoms with E-state index >= 15 is 0 Å². The average molecular weight is 245 g/mol. The number of amides is 1. The van der Waals surface area contributed by atoms with Crippen LogP contribution in [0.4, 0.5) is 4.79 Å². The number of methoxy groups -OCH3 is 1. The molecule has 0 spiro atoms. The van der Waals surface area contributed by atoms with Crippen LogP contribution in [0.15, 0.2) is 0 Å². The van der Waals surface area contributed by atoms with Gasteiger partial charge in [0.25, 0.3) is 0 Å². The van der Waals surface area contributed by atoms with Gasteiger partial charge in [-0.25, -0.2) is 9.59 Å². The second-order valence-electron chi connectivity index (χ2n) is 5.09. The molecule has 0 aliphatic rings. The van der Waals surface area contributed by atoms with Crippen LogP contribution >= 0.6 is 0 Å². The van der Waals surface area contributed by atoms with Gasteiger partial charge in [-0.1, -0.05) is 27.7 Å². The van der Waals surface area contributed by atoms with E-state index < -0.39 is 23.1 Å². The van der Waals surface area contributed by atoms with Crippen molar-refractivity contribution in [2.24, 2.45) is 5.41 Å². The maximum Gasteiger partial charge on any atom is 0.408 e. The molecule has 0 rings (SSSR count). The lowest BCUT2D eigenvalue weighted by Gasteiger charge is -2.37. The number of alkyl carbamates (subject to hydrolysis) is 1. The molecule has 0 aliphatic carbocycles. The van der Waals surface area contributed by atoms with E-state index in [4.69, 9.17) is 9.47 Å². The Morgan fingerprint density at radius 2 is 1.71 bits per heavy atom. The number of rotatable bonds is 4. The summed E-state index contributed by atoms with van der Waals surface area (Å²) in [7, 11) is 1.28. The minimum Gasteiger partial charge on any atom is -0.466 e. The van der Waals surface area contributed by atoms with Crippen molar-refractivity contribution < 1.29 is 19.1 Å². The van der Waals surface area contributed by atoms with Crippen molar-refractivity contribution in [2.45, 2.75) is 46.6 Å². The van der Waals surface area contributed by atoms with Crippen LogP contribution in [0.2, 0.25) is 0 Å². The first-order valence-corrected chi connectivity index (χ1v) is 5.74. The Morgan fingerprint density at radius 3 is 2.06 bits per heavy atom. The van der Waals surface area contributed by atoms with Gasteiger partial charge in [0.1, 0.15) is 0 Å². The van der Waals surface area contributed by atoms with E-state index in [1.54, 1.807) is 6.92 Å². The predicted molar refractivity (Wildman–Crippen MR) is 64.7 cm³/mol. The van der Waals surface area contributed by atoms with Crippen LogP contribution in [-0.2, 0) is 14.3 Å². The quantitative estimate of drug-likeness (QED) is 0.770. The van der Waals surface area contributed by atoms with Gasteiger partial charge in [0, 0.05) is 12.0 Å². The molecule has 1 atom stereocenters. The maximum atomic E-state index is 11.8. The SMILES string of the molecule is CCCNC(=O)O[C@](C)(C(=O)OC)C(C)(C)C. The molecule has 0 aromatic rings. The first kappa shape index (κ1) is 15.7. The molecule has 0 unspecified atom stereocenters. The minimum atomic E-state index is -1.31. The van der Waals surface area contributed by atoms with E-state index in [2.05, 4.69) is 5.32 Å². The maximum absolute atomic E-state index is 11.8. The highest BCUT2D eigenvalue weighted by atomic mass is 16.6. The molecule has 5 heteroatoms. The molecule has 1 amide bonds. The molecule has 0 saturated heterocycles. The predicted octanol–water partition coefficient (Wildman–Crippen LogP) is 2.10. The normalized spacial score (nSPS) is 14.7. The van der Waals surface area contributed by atoms with Crippen LogP contribution in [0, 0.1) is 5.41 Å². The molecular weight excluding hydrogens is 222 g/mol. The van der Waals surface area contributed by atoms with E-state index in [1.807, 2.05) is 27.7 Å². The number of esters is 1. The topological polar surface area (TPSA) is 64.6 Å². The minimum absolute atomic E-state index is 0.514. The highest BCUT2D eigenvalue weighted by Gasteiger charge is 2.49. The molecule has 0 radical (unpaired) electrons. The van der Waals surface area contributed by atoms with E-state index in [1.165, 1.54) is 7.11 Å². The number of hydrogen-bond acceptors (Lipinski definition) is 4. The summed E-state index contributed by atoms with van der Waals surface area (Å²) in [5.41, 5.74) is -1.86. The third kappa shape index (κ3) is 3.91. The van der Waals surface area contributed by atoms with Crippen LogP contribution < -0.4 is 5.32 Å². The summed E-state index contributed by atoms with van der Waals surface area (Å²) < 4.78 is 9.94. The van der Waals surface area contributed by atoms with Crippen molar-refractivity contribution in [3.63, 3.8) is 0 Å². The Bertz CT molecular complexity index is 283. The summed E-state index contributed by atoms with van der Waals surface area (Å²) >= 11 is 0. The Hall–Kier alpha value is -1.26. The summed E-state index contributed by atoms with van der Waals surface area (Å²) in [6.45, 7) is 9.46. The van der Waals surface area contributed by atoms with Crippen molar-refractivity contribution in [3.05, 3.63) is 0 Å². The van der Waals surface area contributed by atoms with Gasteiger partial charge in [-0.15, -0.1) is 0 Å². The summed E-state index contributed by atoms with van der Waals surface area (Å²) in [5, 5.41) is 2.57. The molecule has 0 aliphatic heterocycles. The van der Waals surface area contributed by atoms with Crippen LogP contribution in [-0.4, -0.2) is 31.3 Å². The second kappa shape index (κ2) is 5.89. The number of carbonyl (C=O) groups is 2. The zero-order valence-electron chi connectivity index (χ0n) is 11.5. The highest BCUT2D eigenvalue weighted by Crippen LogP contribution is 2.34. The van der Waals surface area contributed by atoms with E-state index in [-0.39, 0.29) is 0 Å². The number of hydrogen-bond donors (Lipinski definition) is 1. The lowest BCUT2D eigenvalue weighted by Crippen LogP contribution is -2.53. The van der Waals surface area contributed by atoms with Crippen molar-refractivity contribution in [2.75, 3.05) is 13.7 Å². The Balaban J connectivity index is 4.85. The van der Waals surface area contributed by atoms with Crippen molar-refractivity contribution in [1.29, 1.82) is 0 Å². The molecule has 5 nitrogen and oxygen atoms in total. The Morgan fingerprint density at radius 1 is 1.18 bits per heavy atom. The van der Waals surface area contributed by atoms with Crippen molar-refractivity contribution in [3.8, 4) is 0 Å². The standard InChI is InChI=1S/C12H23NO4/c1-7-8-13-10(15)17-12(5,9(14)16-6)11(2,3)4/h7-8H2,1-6H3,(H,13,15)/t12-/m1/s1. The monoisotopic (exact) mass is 245 g/mol. The zero-order valence-corrected chi connectivity index (χ0v) is 11.5. The lowest BCUT2D eigenvalue weighted by atomic mass is 9.77. The van der Waals surface area contributed by atoms with Gasteiger partial charge in [0.2, 0.25) is 5.60 Å². The fraction of sp³-hybridized carbons (Fsp3) is 0.833. The first-order chi connectivity index (χ1) is 7.69. The summed E-state index contributed by atoms with van der Waals surface area (Å²) in [6, 6.07) is 0. The third-order valence-electron chi connectivity index (χ3n) is 2.82. The first-order valence-electron chi connectivity index (χ1n) is 5.74. The number of ether oxygens (including phenoxy) is 2. The van der Waals surface area contributed by atoms with Crippen molar-refractivity contribution in [1.82, 2.24) is 5.32 Å². The molecule has 1 N–H and O–H groups in total. The van der Waals surface area contributed by atoms with Gasteiger partial charge in [-0.2, -0.15) is 0 Å². The summed E-state index contributed by atoms with van der Waals surface area (Å²) in [4.78, 5) is 23.3. The zero-order chi connectivity index (χ0) is 13.7. The van der Waals surface area contributed by atoms with Crippen LogP contribution in [0.3, 0.4) is 0 Å². The van der Waals surface area contributed by atoms with Crippen LogP contribution in [0.5, 0.6) is 0 Å². The van der Waals surface area contributed by atoms with Gasteiger partial charge in [0.05, 0.1) is 7.11 Å². The molecule has 0 aromatic heterocycles. The molecular formula is C12H23NO4. The van der Waals surface area contributed by atoms with Crippen LogP contribution in [0.1, 0.15) is 41.0 Å². The Labute approximate surface area is 103 Å². The molecule has 0 fully saturated rings. The molecule has 17 heavy (non-hydrogen) atoms. The van der Waals surface area contributed by atoms with Crippen molar-refractivity contribution >= 4 is 12.1 Å². The lowest BCUT2D eigenvalue weighted by molar-refractivity contribution is -0.172. The molecule has 0 bridgehead atoms. The summed E-state index contributed by atoms with van der Waals surface area (Å²) in [6.07, 6.45) is 0.203. The number of nitrogens with one attached hydrogen (secondary N) is 1. The van der Waals surface area contributed by atoms with Gasteiger partial charge in [-0.05, 0) is 13.3 Å². The third-order valence-corrected chi connectivity index (χ3v) is 2.82. The molecule has 0 aromatic carbocycles. The largest absolute Gasteiger partial charge is 0.466 e. The van der Waals surface area contributed by atoms with Gasteiger partial charge >= 0.3 is 12.1 Å². The van der Waals surface area contributed by atoms with E-state index in [9.17, 15) is 9.59 Å². The average Bonchev–Trinajstić information content (AvgIpc) is 2.23. The van der Waals surface area contributed by atoms with E-state index in [0.717, 1.165) is 6.42 Å².